The number of carbonyl (C=O) groups is 3. The summed E-state index contributed by atoms with van der Waals surface area (Å²) in [7, 11) is 0. The van der Waals surface area contributed by atoms with E-state index in [4.69, 9.17) is 16.3 Å². The molecule has 32 heavy (non-hydrogen) atoms. The summed E-state index contributed by atoms with van der Waals surface area (Å²) in [6.45, 7) is -0.532. The summed E-state index contributed by atoms with van der Waals surface area (Å²) in [5, 5.41) is 13.1. The number of hydrogen-bond acceptors (Lipinski definition) is 6. The smallest absolute Gasteiger partial charge is 0.339 e. The van der Waals surface area contributed by atoms with E-state index in [1.165, 1.54) is 23.5 Å². The van der Waals surface area contributed by atoms with Crippen molar-refractivity contribution in [1.82, 2.24) is 0 Å². The summed E-state index contributed by atoms with van der Waals surface area (Å²) in [6.07, 6.45) is 2.74. The second kappa shape index (κ2) is 9.35. The van der Waals surface area contributed by atoms with Crippen LogP contribution in [-0.4, -0.2) is 24.3 Å². The molecule has 2 aromatic carbocycles. The lowest BCUT2D eigenvalue weighted by molar-refractivity contribution is -0.119. The first-order valence-electron chi connectivity index (χ1n) is 9.89. The SMILES string of the molecule is N#Cc1c(NC(=O)COC(=O)c2ccccc2C(=O)c2ccc(Cl)cc2)sc2c1CCC2. The number of hydrogen-bond donors (Lipinski definition) is 1. The van der Waals surface area contributed by atoms with Crippen molar-refractivity contribution >= 4 is 45.6 Å². The Labute approximate surface area is 193 Å². The summed E-state index contributed by atoms with van der Waals surface area (Å²) in [5.41, 5.74) is 2.09. The molecule has 0 atom stereocenters. The summed E-state index contributed by atoms with van der Waals surface area (Å²) in [6, 6.07) is 14.7. The molecule has 0 bridgehead atoms. The van der Waals surface area contributed by atoms with Gasteiger partial charge in [0.25, 0.3) is 5.91 Å². The van der Waals surface area contributed by atoms with Crippen LogP contribution in [0.15, 0.2) is 48.5 Å². The fraction of sp³-hybridized carbons (Fsp3) is 0.167. The zero-order valence-electron chi connectivity index (χ0n) is 16.8. The molecule has 160 valence electrons. The predicted molar refractivity (Wildman–Crippen MR) is 121 cm³/mol. The zero-order chi connectivity index (χ0) is 22.7. The summed E-state index contributed by atoms with van der Waals surface area (Å²) < 4.78 is 5.16. The highest BCUT2D eigenvalue weighted by Gasteiger charge is 2.24. The van der Waals surface area contributed by atoms with E-state index in [1.807, 2.05) is 0 Å². The van der Waals surface area contributed by atoms with Gasteiger partial charge in [0.1, 0.15) is 11.1 Å². The maximum atomic E-state index is 12.8. The molecule has 1 amide bonds. The molecule has 1 aromatic heterocycles. The van der Waals surface area contributed by atoms with Crippen molar-refractivity contribution in [3.05, 3.63) is 86.2 Å². The van der Waals surface area contributed by atoms with Gasteiger partial charge in [-0.3, -0.25) is 9.59 Å². The van der Waals surface area contributed by atoms with Crippen molar-refractivity contribution in [2.24, 2.45) is 0 Å². The molecule has 6 nitrogen and oxygen atoms in total. The second-order valence-electron chi connectivity index (χ2n) is 7.18. The molecule has 0 unspecified atom stereocenters. The van der Waals surface area contributed by atoms with Crippen LogP contribution in [0.3, 0.4) is 0 Å². The minimum absolute atomic E-state index is 0.0630. The van der Waals surface area contributed by atoms with Crippen LogP contribution in [0.25, 0.3) is 0 Å². The third-order valence-electron chi connectivity index (χ3n) is 5.12. The average Bonchev–Trinajstić information content (AvgIpc) is 3.38. The highest BCUT2D eigenvalue weighted by atomic mass is 35.5. The highest BCUT2D eigenvalue weighted by molar-refractivity contribution is 7.16. The van der Waals surface area contributed by atoms with Gasteiger partial charge in [-0.05, 0) is 55.2 Å². The minimum Gasteiger partial charge on any atom is -0.452 e. The van der Waals surface area contributed by atoms with Gasteiger partial charge in [-0.25, -0.2) is 4.79 Å². The zero-order valence-corrected chi connectivity index (χ0v) is 18.4. The number of rotatable bonds is 6. The van der Waals surface area contributed by atoms with Crippen molar-refractivity contribution in [2.45, 2.75) is 19.3 Å². The Morgan fingerprint density at radius 2 is 1.78 bits per heavy atom. The van der Waals surface area contributed by atoms with Crippen molar-refractivity contribution < 1.29 is 19.1 Å². The number of esters is 1. The molecular formula is C24H17ClN2O4S. The monoisotopic (exact) mass is 464 g/mol. The topological polar surface area (TPSA) is 96.3 Å². The number of anilines is 1. The summed E-state index contributed by atoms with van der Waals surface area (Å²) in [4.78, 5) is 38.9. The Hall–Kier alpha value is -3.47. The third kappa shape index (κ3) is 4.42. The molecule has 3 aromatic rings. The van der Waals surface area contributed by atoms with E-state index < -0.39 is 18.5 Å². The lowest BCUT2D eigenvalue weighted by Gasteiger charge is -2.09. The fourth-order valence-electron chi connectivity index (χ4n) is 3.60. The van der Waals surface area contributed by atoms with Gasteiger partial charge in [0.15, 0.2) is 12.4 Å². The van der Waals surface area contributed by atoms with Gasteiger partial charge in [0.2, 0.25) is 0 Å². The van der Waals surface area contributed by atoms with Crippen LogP contribution in [0, 0.1) is 11.3 Å². The molecule has 0 radical (unpaired) electrons. The number of nitriles is 1. The van der Waals surface area contributed by atoms with E-state index in [0.717, 1.165) is 29.7 Å². The molecule has 0 aliphatic heterocycles. The molecule has 1 N–H and O–H groups in total. The minimum atomic E-state index is -0.785. The number of thiophene rings is 1. The van der Waals surface area contributed by atoms with Crippen LogP contribution in [-0.2, 0) is 22.4 Å². The number of ether oxygens (including phenoxy) is 1. The normalized spacial score (nSPS) is 12.0. The molecule has 0 spiro atoms. The molecule has 0 saturated carbocycles. The number of nitrogens with one attached hydrogen (secondary N) is 1. The number of amides is 1. The van der Waals surface area contributed by atoms with Gasteiger partial charge in [-0.2, -0.15) is 5.26 Å². The maximum absolute atomic E-state index is 12.8. The number of benzene rings is 2. The molecule has 1 aliphatic rings. The molecular weight excluding hydrogens is 448 g/mol. The van der Waals surface area contributed by atoms with Crippen LogP contribution in [0.4, 0.5) is 5.00 Å². The highest BCUT2D eigenvalue weighted by Crippen LogP contribution is 2.38. The molecule has 4 rings (SSSR count). The van der Waals surface area contributed by atoms with Crippen LogP contribution in [0.2, 0.25) is 5.02 Å². The van der Waals surface area contributed by atoms with Gasteiger partial charge < -0.3 is 10.1 Å². The third-order valence-corrected chi connectivity index (χ3v) is 6.58. The Bertz CT molecular complexity index is 1260. The van der Waals surface area contributed by atoms with Gasteiger partial charge in [0.05, 0.1) is 11.1 Å². The standard InChI is InChI=1S/C24H17ClN2O4S/c25-15-10-8-14(9-11-15)22(29)17-4-1-2-5-18(17)24(30)31-13-21(28)27-23-19(12-26)16-6-3-7-20(16)32-23/h1-2,4-5,8-11H,3,6-7,13H2,(H,27,28). The largest absolute Gasteiger partial charge is 0.452 e. The van der Waals surface area contributed by atoms with E-state index >= 15 is 0 Å². The average molecular weight is 465 g/mol. The van der Waals surface area contributed by atoms with Crippen molar-refractivity contribution in [3.8, 4) is 6.07 Å². The second-order valence-corrected chi connectivity index (χ2v) is 8.72. The van der Waals surface area contributed by atoms with E-state index in [9.17, 15) is 19.6 Å². The first-order chi connectivity index (χ1) is 15.5. The van der Waals surface area contributed by atoms with Crippen LogP contribution < -0.4 is 5.32 Å². The number of ketones is 1. The van der Waals surface area contributed by atoms with Crippen LogP contribution in [0.1, 0.15) is 48.7 Å². The Kier molecular flexibility index (Phi) is 6.35. The number of halogens is 1. The van der Waals surface area contributed by atoms with E-state index in [0.29, 0.717) is 21.2 Å². The number of nitrogens with zero attached hydrogens (tertiary/aromatic N) is 1. The fourth-order valence-corrected chi connectivity index (χ4v) is 4.98. The summed E-state index contributed by atoms with van der Waals surface area (Å²) >= 11 is 7.26. The van der Waals surface area contributed by atoms with Crippen molar-refractivity contribution in [1.29, 1.82) is 5.26 Å². The van der Waals surface area contributed by atoms with E-state index in [-0.39, 0.29) is 16.9 Å². The van der Waals surface area contributed by atoms with Gasteiger partial charge in [-0.1, -0.05) is 29.8 Å². The van der Waals surface area contributed by atoms with Gasteiger partial charge >= 0.3 is 5.97 Å². The molecule has 0 fully saturated rings. The Morgan fingerprint density at radius 3 is 2.50 bits per heavy atom. The van der Waals surface area contributed by atoms with Gasteiger partial charge in [0, 0.05) is 21.0 Å². The number of carbonyl (C=O) groups excluding carboxylic acids is 3. The molecule has 0 saturated heterocycles. The van der Waals surface area contributed by atoms with Gasteiger partial charge in [-0.15, -0.1) is 11.3 Å². The van der Waals surface area contributed by atoms with Crippen molar-refractivity contribution in [3.63, 3.8) is 0 Å². The maximum Gasteiger partial charge on any atom is 0.339 e. The van der Waals surface area contributed by atoms with Crippen molar-refractivity contribution in [2.75, 3.05) is 11.9 Å². The predicted octanol–water partition coefficient (Wildman–Crippen LogP) is 4.79. The van der Waals surface area contributed by atoms with E-state index in [2.05, 4.69) is 11.4 Å². The first-order valence-corrected chi connectivity index (χ1v) is 11.1. The molecule has 8 heteroatoms. The summed E-state index contributed by atoms with van der Waals surface area (Å²) in [5.74, 6) is -1.69. The van der Waals surface area contributed by atoms with Crippen LogP contribution in [0.5, 0.6) is 0 Å². The first kappa shape index (κ1) is 21.8. The van der Waals surface area contributed by atoms with E-state index in [1.54, 1.807) is 36.4 Å². The number of aryl methyl sites for hydroxylation is 1. The Morgan fingerprint density at radius 1 is 1.06 bits per heavy atom. The lowest BCUT2D eigenvalue weighted by atomic mass is 9.98. The Balaban J connectivity index is 1.44. The lowest BCUT2D eigenvalue weighted by Crippen LogP contribution is -2.22. The van der Waals surface area contributed by atoms with Crippen LogP contribution >= 0.6 is 22.9 Å². The quantitative estimate of drug-likeness (QED) is 0.418. The molecule has 1 aliphatic carbocycles. The molecule has 1 heterocycles. The number of fused-ring (bicyclic) bond motifs is 1.